The highest BCUT2D eigenvalue weighted by Gasteiger charge is 2.29. The zero-order valence-corrected chi connectivity index (χ0v) is 6.52. The van der Waals surface area contributed by atoms with E-state index in [1.807, 2.05) is 5.32 Å². The Morgan fingerprint density at radius 3 is 2.62 bits per heavy atom. The Balaban J connectivity index is 3.48. The fourth-order valence-corrected chi connectivity index (χ4v) is 0.419. The number of ether oxygens (including phenoxy) is 1. The van der Waals surface area contributed by atoms with E-state index in [4.69, 9.17) is 5.26 Å². The van der Waals surface area contributed by atoms with Crippen LogP contribution in [0.1, 0.15) is 6.42 Å². The molecule has 0 saturated heterocycles. The summed E-state index contributed by atoms with van der Waals surface area (Å²) in [5, 5.41) is 9.99. The second kappa shape index (κ2) is 5.24. The van der Waals surface area contributed by atoms with Crippen molar-refractivity contribution >= 4 is 6.09 Å². The van der Waals surface area contributed by atoms with E-state index in [2.05, 4.69) is 4.74 Å². The molecule has 0 aromatic heterocycles. The topological polar surface area (TPSA) is 62.1 Å². The smallest absolute Gasteiger partial charge is 0.422 e. The molecule has 0 radical (unpaired) electrons. The minimum absolute atomic E-state index is 0.0206. The third-order valence-corrected chi connectivity index (χ3v) is 0.873. The van der Waals surface area contributed by atoms with Crippen molar-refractivity contribution in [2.45, 2.75) is 12.6 Å². The predicted molar refractivity (Wildman–Crippen MR) is 35.6 cm³/mol. The van der Waals surface area contributed by atoms with E-state index in [1.54, 1.807) is 6.07 Å². The zero-order chi connectivity index (χ0) is 10.3. The molecular formula is C6H7F3N2O2. The molecule has 0 aromatic carbocycles. The van der Waals surface area contributed by atoms with Crippen molar-refractivity contribution in [3.05, 3.63) is 0 Å². The van der Waals surface area contributed by atoms with Crippen LogP contribution in [0.3, 0.4) is 0 Å². The standard InChI is InChI=1S/C6H7F3N2O2/c7-6(8,9)4-13-5(12)11-3-1-2-10/h1,3-4H2,(H,11,12). The van der Waals surface area contributed by atoms with Gasteiger partial charge in [-0.05, 0) is 0 Å². The van der Waals surface area contributed by atoms with E-state index in [1.165, 1.54) is 0 Å². The van der Waals surface area contributed by atoms with Crippen LogP contribution in [0.4, 0.5) is 18.0 Å². The first-order valence-electron chi connectivity index (χ1n) is 3.30. The molecule has 0 bridgehead atoms. The van der Waals surface area contributed by atoms with Gasteiger partial charge in [-0.25, -0.2) is 4.79 Å². The van der Waals surface area contributed by atoms with E-state index in [-0.39, 0.29) is 13.0 Å². The van der Waals surface area contributed by atoms with Gasteiger partial charge in [0.1, 0.15) is 0 Å². The molecule has 1 N–H and O–H groups in total. The summed E-state index contributed by atoms with van der Waals surface area (Å²) in [6.45, 7) is -1.64. The zero-order valence-electron chi connectivity index (χ0n) is 6.52. The number of hydrogen-bond acceptors (Lipinski definition) is 3. The average molecular weight is 196 g/mol. The lowest BCUT2D eigenvalue weighted by atomic mass is 10.5. The largest absolute Gasteiger partial charge is 0.440 e. The van der Waals surface area contributed by atoms with Crippen LogP contribution >= 0.6 is 0 Å². The molecule has 0 aliphatic heterocycles. The number of alkyl halides is 3. The summed E-state index contributed by atoms with van der Waals surface area (Å²) in [5.74, 6) is 0. The highest BCUT2D eigenvalue weighted by molar-refractivity contribution is 5.67. The van der Waals surface area contributed by atoms with E-state index >= 15 is 0 Å². The van der Waals surface area contributed by atoms with Crippen molar-refractivity contribution in [1.29, 1.82) is 5.26 Å². The van der Waals surface area contributed by atoms with Crippen LogP contribution < -0.4 is 5.32 Å². The first kappa shape index (κ1) is 11.6. The van der Waals surface area contributed by atoms with E-state index in [0.717, 1.165) is 0 Å². The number of carbonyl (C=O) groups is 1. The summed E-state index contributed by atoms with van der Waals surface area (Å²) in [4.78, 5) is 10.4. The summed E-state index contributed by atoms with van der Waals surface area (Å²) in [6.07, 6.45) is -5.67. The second-order valence-corrected chi connectivity index (χ2v) is 2.03. The molecule has 4 nitrogen and oxygen atoms in total. The molecule has 0 fully saturated rings. The van der Waals surface area contributed by atoms with Crippen molar-refractivity contribution in [1.82, 2.24) is 5.32 Å². The molecule has 0 saturated carbocycles. The second-order valence-electron chi connectivity index (χ2n) is 2.03. The summed E-state index contributed by atoms with van der Waals surface area (Å²) in [7, 11) is 0. The Morgan fingerprint density at radius 1 is 1.54 bits per heavy atom. The van der Waals surface area contributed by atoms with Gasteiger partial charge in [0.05, 0.1) is 12.5 Å². The Labute approximate surface area is 72.3 Å². The molecule has 74 valence electrons. The summed E-state index contributed by atoms with van der Waals surface area (Å²) >= 11 is 0. The number of hydrogen-bond donors (Lipinski definition) is 1. The molecule has 0 spiro atoms. The van der Waals surface area contributed by atoms with E-state index < -0.39 is 18.9 Å². The Morgan fingerprint density at radius 2 is 2.15 bits per heavy atom. The number of alkyl carbamates (subject to hydrolysis) is 1. The van der Waals surface area contributed by atoms with Gasteiger partial charge in [-0.2, -0.15) is 18.4 Å². The highest BCUT2D eigenvalue weighted by Crippen LogP contribution is 2.14. The maximum Gasteiger partial charge on any atom is 0.422 e. The Hall–Kier alpha value is -1.45. The minimum atomic E-state index is -4.52. The maximum atomic E-state index is 11.4. The molecule has 0 atom stereocenters. The Kier molecular flexibility index (Phi) is 4.66. The van der Waals surface area contributed by atoms with Gasteiger partial charge in [-0.1, -0.05) is 0 Å². The van der Waals surface area contributed by atoms with Gasteiger partial charge in [0.15, 0.2) is 6.61 Å². The number of carbonyl (C=O) groups excluding carboxylic acids is 1. The molecule has 13 heavy (non-hydrogen) atoms. The third-order valence-electron chi connectivity index (χ3n) is 0.873. The summed E-state index contributed by atoms with van der Waals surface area (Å²) < 4.78 is 38.1. The maximum absolute atomic E-state index is 11.4. The molecule has 0 aromatic rings. The lowest BCUT2D eigenvalue weighted by Crippen LogP contribution is -2.29. The van der Waals surface area contributed by atoms with Crippen LogP contribution in [-0.4, -0.2) is 25.4 Å². The van der Waals surface area contributed by atoms with Crippen LogP contribution in [-0.2, 0) is 4.74 Å². The SMILES string of the molecule is N#CCCNC(=O)OCC(F)(F)F. The van der Waals surface area contributed by atoms with E-state index in [0.29, 0.717) is 0 Å². The normalized spacial score (nSPS) is 10.3. The molecule has 1 amide bonds. The average Bonchev–Trinajstić information content (AvgIpc) is 2.00. The molecular weight excluding hydrogens is 189 g/mol. The number of halogens is 3. The summed E-state index contributed by atoms with van der Waals surface area (Å²) in [5.41, 5.74) is 0. The fourth-order valence-electron chi connectivity index (χ4n) is 0.419. The lowest BCUT2D eigenvalue weighted by Gasteiger charge is -2.07. The number of nitrogens with one attached hydrogen (secondary N) is 1. The van der Waals surface area contributed by atoms with Crippen molar-refractivity contribution in [3.8, 4) is 6.07 Å². The van der Waals surface area contributed by atoms with Gasteiger partial charge >= 0.3 is 12.3 Å². The molecule has 0 heterocycles. The van der Waals surface area contributed by atoms with Crippen molar-refractivity contribution in [2.24, 2.45) is 0 Å². The van der Waals surface area contributed by atoms with Gasteiger partial charge < -0.3 is 10.1 Å². The summed E-state index contributed by atoms with van der Waals surface area (Å²) in [6, 6.07) is 1.70. The highest BCUT2D eigenvalue weighted by atomic mass is 19.4. The van der Waals surface area contributed by atoms with Crippen LogP contribution in [0.15, 0.2) is 0 Å². The van der Waals surface area contributed by atoms with Crippen LogP contribution in [0, 0.1) is 11.3 Å². The predicted octanol–water partition coefficient (Wildman–Crippen LogP) is 1.19. The number of rotatable bonds is 3. The van der Waals surface area contributed by atoms with Crippen LogP contribution in [0.2, 0.25) is 0 Å². The van der Waals surface area contributed by atoms with Gasteiger partial charge in [0.25, 0.3) is 0 Å². The van der Waals surface area contributed by atoms with E-state index in [9.17, 15) is 18.0 Å². The monoisotopic (exact) mass is 196 g/mol. The molecule has 0 rings (SSSR count). The lowest BCUT2D eigenvalue weighted by molar-refractivity contribution is -0.160. The first-order valence-corrected chi connectivity index (χ1v) is 3.30. The van der Waals surface area contributed by atoms with Crippen molar-refractivity contribution in [3.63, 3.8) is 0 Å². The van der Waals surface area contributed by atoms with Crippen molar-refractivity contribution in [2.75, 3.05) is 13.2 Å². The Bertz CT molecular complexity index is 209. The van der Waals surface area contributed by atoms with Gasteiger partial charge in [0.2, 0.25) is 0 Å². The fraction of sp³-hybridized carbons (Fsp3) is 0.667. The quantitative estimate of drug-likeness (QED) is 0.689. The van der Waals surface area contributed by atoms with Crippen molar-refractivity contribution < 1.29 is 22.7 Å². The first-order chi connectivity index (χ1) is 5.95. The minimum Gasteiger partial charge on any atom is -0.440 e. The van der Waals surface area contributed by atoms with Crippen LogP contribution in [0.25, 0.3) is 0 Å². The number of amides is 1. The van der Waals surface area contributed by atoms with Crippen LogP contribution in [0.5, 0.6) is 0 Å². The third kappa shape index (κ3) is 8.46. The van der Waals surface area contributed by atoms with Gasteiger partial charge in [-0.15, -0.1) is 0 Å². The molecule has 7 heteroatoms. The molecule has 0 aliphatic rings. The molecule has 0 unspecified atom stereocenters. The number of nitriles is 1. The molecule has 0 aliphatic carbocycles. The van der Waals surface area contributed by atoms with Gasteiger partial charge in [-0.3, -0.25) is 0 Å². The number of nitrogens with zero attached hydrogens (tertiary/aromatic N) is 1. The van der Waals surface area contributed by atoms with Gasteiger partial charge in [0, 0.05) is 6.54 Å².